The molecule has 0 bridgehead atoms. The molecule has 0 aliphatic carbocycles. The molecule has 2 atom stereocenters. The molecule has 1 aromatic rings. The van der Waals surface area contributed by atoms with Crippen molar-refractivity contribution in [1.29, 1.82) is 0 Å². The van der Waals surface area contributed by atoms with Crippen LogP contribution in [0.4, 0.5) is 8.78 Å². The molecular weight excluding hydrogens is 240 g/mol. The molecule has 3 nitrogen and oxygen atoms in total. The van der Waals surface area contributed by atoms with E-state index in [1.165, 1.54) is 6.07 Å². The lowest BCUT2D eigenvalue weighted by molar-refractivity contribution is 0.00299. The van der Waals surface area contributed by atoms with Crippen molar-refractivity contribution >= 4 is 0 Å². The Balaban J connectivity index is 2.10. The summed E-state index contributed by atoms with van der Waals surface area (Å²) in [6.07, 6.45) is 0.387. The minimum Gasteiger partial charge on any atom is -0.385 e. The summed E-state index contributed by atoms with van der Waals surface area (Å²) < 4.78 is 31.3. The number of hydrogen-bond acceptors (Lipinski definition) is 3. The first kappa shape index (κ1) is 13.4. The van der Waals surface area contributed by atoms with Gasteiger partial charge >= 0.3 is 0 Å². The molecule has 5 heteroatoms. The fourth-order valence-corrected chi connectivity index (χ4v) is 2.18. The van der Waals surface area contributed by atoms with Crippen molar-refractivity contribution < 1.29 is 18.6 Å². The van der Waals surface area contributed by atoms with Gasteiger partial charge in [0.2, 0.25) is 0 Å². The van der Waals surface area contributed by atoms with Crippen LogP contribution >= 0.6 is 0 Å². The highest BCUT2D eigenvalue weighted by atomic mass is 19.2. The van der Waals surface area contributed by atoms with E-state index in [0.717, 1.165) is 18.7 Å². The first-order chi connectivity index (χ1) is 8.49. The Morgan fingerprint density at radius 3 is 2.83 bits per heavy atom. The molecule has 2 rings (SSSR count). The van der Waals surface area contributed by atoms with Gasteiger partial charge in [-0.1, -0.05) is 6.07 Å². The van der Waals surface area contributed by atoms with Gasteiger partial charge in [0.15, 0.2) is 11.6 Å². The Morgan fingerprint density at radius 1 is 1.44 bits per heavy atom. The van der Waals surface area contributed by atoms with Gasteiger partial charge < -0.3 is 15.2 Å². The molecule has 1 aromatic carbocycles. The number of halogens is 2. The van der Waals surface area contributed by atoms with Crippen molar-refractivity contribution in [2.24, 2.45) is 0 Å². The largest absolute Gasteiger partial charge is 0.385 e. The molecular formula is C13H17F2NO2. The molecule has 1 aliphatic heterocycles. The molecule has 1 heterocycles. The van der Waals surface area contributed by atoms with Gasteiger partial charge in [-0.3, -0.25) is 0 Å². The standard InChI is InChI=1S/C13H17F2NO2/c1-13(17,7-10-8-18-5-4-16-10)9-2-3-11(14)12(15)6-9/h2-3,6,10,16-17H,4-5,7-8H2,1H3. The van der Waals surface area contributed by atoms with Crippen LogP contribution < -0.4 is 5.32 Å². The number of benzene rings is 1. The highest BCUT2D eigenvalue weighted by Crippen LogP contribution is 2.27. The molecule has 18 heavy (non-hydrogen) atoms. The van der Waals surface area contributed by atoms with Crippen LogP contribution in [0.1, 0.15) is 18.9 Å². The number of hydrogen-bond donors (Lipinski definition) is 2. The molecule has 1 aliphatic rings. The maximum atomic E-state index is 13.2. The van der Waals surface area contributed by atoms with Crippen LogP contribution in [0.15, 0.2) is 18.2 Å². The molecule has 100 valence electrons. The van der Waals surface area contributed by atoms with Crippen molar-refractivity contribution in [2.75, 3.05) is 19.8 Å². The Kier molecular flexibility index (Phi) is 3.94. The summed E-state index contributed by atoms with van der Waals surface area (Å²) in [4.78, 5) is 0. The van der Waals surface area contributed by atoms with Crippen molar-refractivity contribution in [3.05, 3.63) is 35.4 Å². The first-order valence-corrected chi connectivity index (χ1v) is 5.98. The quantitative estimate of drug-likeness (QED) is 0.863. The predicted molar refractivity (Wildman–Crippen MR) is 63.2 cm³/mol. The SMILES string of the molecule is CC(O)(CC1COCCN1)c1ccc(F)c(F)c1. The topological polar surface area (TPSA) is 41.5 Å². The average Bonchev–Trinajstić information content (AvgIpc) is 2.33. The fraction of sp³-hybridized carbons (Fsp3) is 0.538. The Morgan fingerprint density at radius 2 is 2.22 bits per heavy atom. The summed E-state index contributed by atoms with van der Waals surface area (Å²) >= 11 is 0. The number of ether oxygens (including phenoxy) is 1. The fourth-order valence-electron chi connectivity index (χ4n) is 2.18. The molecule has 0 radical (unpaired) electrons. The zero-order valence-electron chi connectivity index (χ0n) is 10.2. The summed E-state index contributed by atoms with van der Waals surface area (Å²) in [6, 6.07) is 3.49. The van der Waals surface area contributed by atoms with Gasteiger partial charge in [-0.15, -0.1) is 0 Å². The monoisotopic (exact) mass is 257 g/mol. The Hall–Kier alpha value is -1.04. The van der Waals surface area contributed by atoms with Crippen LogP contribution in [0, 0.1) is 11.6 Å². The molecule has 0 amide bonds. The lowest BCUT2D eigenvalue weighted by Crippen LogP contribution is -2.45. The molecule has 1 saturated heterocycles. The molecule has 1 fully saturated rings. The van der Waals surface area contributed by atoms with Gasteiger partial charge in [-0.25, -0.2) is 8.78 Å². The predicted octanol–water partition coefficient (Wildman–Crippen LogP) is 1.55. The first-order valence-electron chi connectivity index (χ1n) is 5.98. The molecule has 2 unspecified atom stereocenters. The molecule has 0 spiro atoms. The van der Waals surface area contributed by atoms with E-state index in [9.17, 15) is 13.9 Å². The lowest BCUT2D eigenvalue weighted by Gasteiger charge is -2.31. The maximum absolute atomic E-state index is 13.2. The zero-order valence-corrected chi connectivity index (χ0v) is 10.2. The van der Waals surface area contributed by atoms with Crippen molar-refractivity contribution in [3.8, 4) is 0 Å². The van der Waals surface area contributed by atoms with Gasteiger partial charge in [-0.05, 0) is 31.0 Å². The second-order valence-corrected chi connectivity index (χ2v) is 4.83. The summed E-state index contributed by atoms with van der Waals surface area (Å²) in [6.45, 7) is 3.50. The summed E-state index contributed by atoms with van der Waals surface area (Å²) in [5, 5.41) is 13.6. The van der Waals surface area contributed by atoms with Crippen molar-refractivity contribution in [2.45, 2.75) is 25.0 Å². The van der Waals surface area contributed by atoms with Crippen LogP contribution in [0.2, 0.25) is 0 Å². The second kappa shape index (κ2) is 5.30. The van der Waals surface area contributed by atoms with Crippen LogP contribution in [0.25, 0.3) is 0 Å². The highest BCUT2D eigenvalue weighted by molar-refractivity contribution is 5.23. The third-order valence-corrected chi connectivity index (χ3v) is 3.18. The zero-order chi connectivity index (χ0) is 13.2. The third kappa shape index (κ3) is 3.04. The van der Waals surface area contributed by atoms with E-state index in [1.807, 2.05) is 0 Å². The normalized spacial score (nSPS) is 23.7. The van der Waals surface area contributed by atoms with Crippen LogP contribution in [-0.2, 0) is 10.3 Å². The summed E-state index contributed by atoms with van der Waals surface area (Å²) in [5.41, 5.74) is -0.846. The van der Waals surface area contributed by atoms with E-state index >= 15 is 0 Å². The van der Waals surface area contributed by atoms with Gasteiger partial charge in [0.1, 0.15) is 0 Å². The molecule has 0 aromatic heterocycles. The average molecular weight is 257 g/mol. The van der Waals surface area contributed by atoms with E-state index < -0.39 is 17.2 Å². The van der Waals surface area contributed by atoms with Crippen LogP contribution in [0.5, 0.6) is 0 Å². The van der Waals surface area contributed by atoms with Gasteiger partial charge in [-0.2, -0.15) is 0 Å². The maximum Gasteiger partial charge on any atom is 0.159 e. The van der Waals surface area contributed by atoms with Crippen LogP contribution in [0.3, 0.4) is 0 Å². The number of rotatable bonds is 3. The molecule has 0 saturated carbocycles. The lowest BCUT2D eigenvalue weighted by atomic mass is 9.89. The highest BCUT2D eigenvalue weighted by Gasteiger charge is 2.29. The van der Waals surface area contributed by atoms with Crippen molar-refractivity contribution in [1.82, 2.24) is 5.32 Å². The van der Waals surface area contributed by atoms with E-state index in [-0.39, 0.29) is 6.04 Å². The third-order valence-electron chi connectivity index (χ3n) is 3.18. The Bertz CT molecular complexity index is 417. The Labute approximate surface area is 105 Å². The van der Waals surface area contributed by atoms with Crippen molar-refractivity contribution in [3.63, 3.8) is 0 Å². The van der Waals surface area contributed by atoms with E-state index in [0.29, 0.717) is 25.2 Å². The van der Waals surface area contributed by atoms with E-state index in [4.69, 9.17) is 4.74 Å². The minimum atomic E-state index is -1.22. The summed E-state index contributed by atoms with van der Waals surface area (Å²) in [5.74, 6) is -1.85. The number of nitrogens with one attached hydrogen (secondary N) is 1. The van der Waals surface area contributed by atoms with Gasteiger partial charge in [0.25, 0.3) is 0 Å². The van der Waals surface area contributed by atoms with E-state index in [1.54, 1.807) is 6.92 Å². The second-order valence-electron chi connectivity index (χ2n) is 4.83. The minimum absolute atomic E-state index is 0.0156. The van der Waals surface area contributed by atoms with E-state index in [2.05, 4.69) is 5.32 Å². The summed E-state index contributed by atoms with van der Waals surface area (Å²) in [7, 11) is 0. The van der Waals surface area contributed by atoms with Gasteiger partial charge in [0, 0.05) is 12.6 Å². The number of aliphatic hydroxyl groups is 1. The molecule has 2 N–H and O–H groups in total. The number of morpholine rings is 1. The van der Waals surface area contributed by atoms with Gasteiger partial charge in [0.05, 0.1) is 18.8 Å². The smallest absolute Gasteiger partial charge is 0.159 e. The van der Waals surface area contributed by atoms with Crippen LogP contribution in [-0.4, -0.2) is 30.9 Å².